The first kappa shape index (κ1) is 20.9. The third kappa shape index (κ3) is 4.70. The van der Waals surface area contributed by atoms with Crippen molar-refractivity contribution in [3.63, 3.8) is 0 Å². The molecule has 0 aliphatic heterocycles. The summed E-state index contributed by atoms with van der Waals surface area (Å²) in [5.74, 6) is 3.04. The van der Waals surface area contributed by atoms with E-state index in [2.05, 4.69) is 32.9 Å². The van der Waals surface area contributed by atoms with Crippen molar-refractivity contribution in [2.45, 2.75) is 51.5 Å². The van der Waals surface area contributed by atoms with Gasteiger partial charge in [-0.2, -0.15) is 4.98 Å². The Hall–Kier alpha value is -2.65. The highest BCUT2D eigenvalue weighted by atomic mass is 32.1. The summed E-state index contributed by atoms with van der Waals surface area (Å²) in [4.78, 5) is 23.3. The Labute approximate surface area is 201 Å². The number of hydrogen-bond acceptors (Lipinski definition) is 9. The van der Waals surface area contributed by atoms with Crippen molar-refractivity contribution < 1.29 is 0 Å². The molecule has 9 heteroatoms. The van der Waals surface area contributed by atoms with Crippen LogP contribution in [-0.2, 0) is 6.42 Å². The standard InChI is InChI=1S/C24H27N7S2/c1-14-21(23-30-18-13-25-7-6-19(18)33-23)22(31-24(28-14)27-12-15-2-3-15)29-17-5-4-16(10-17)11-20-26-8-9-32-20/h6-9,13,15-17H,2-5,10-12H2,1H3,(H2,27,28,29,31)/t16-,17+/m1/s1. The minimum absolute atomic E-state index is 0.398. The average molecular weight is 478 g/mol. The van der Waals surface area contributed by atoms with Crippen LogP contribution in [0.2, 0.25) is 0 Å². The van der Waals surface area contributed by atoms with E-state index in [1.165, 1.54) is 24.3 Å². The molecule has 0 aromatic carbocycles. The second-order valence-corrected chi connectivity index (χ2v) is 11.2. The molecule has 4 aromatic rings. The third-order valence-corrected chi connectivity index (χ3v) is 8.42. The number of pyridine rings is 1. The summed E-state index contributed by atoms with van der Waals surface area (Å²) in [7, 11) is 0. The van der Waals surface area contributed by atoms with Gasteiger partial charge in [-0.05, 0) is 56.9 Å². The van der Waals surface area contributed by atoms with Gasteiger partial charge in [-0.1, -0.05) is 0 Å². The van der Waals surface area contributed by atoms with Crippen molar-refractivity contribution in [3.8, 4) is 10.6 Å². The number of nitrogens with zero attached hydrogens (tertiary/aromatic N) is 5. The van der Waals surface area contributed by atoms with Crippen LogP contribution >= 0.6 is 22.7 Å². The maximum absolute atomic E-state index is 4.95. The Kier molecular flexibility index (Phi) is 5.67. The second kappa shape index (κ2) is 8.95. The Balaban J connectivity index is 1.28. The molecule has 6 rings (SSSR count). The molecule has 4 heterocycles. The summed E-state index contributed by atoms with van der Waals surface area (Å²) in [6.45, 7) is 3.01. The fourth-order valence-corrected chi connectivity index (χ4v) is 6.41. The van der Waals surface area contributed by atoms with Gasteiger partial charge in [-0.3, -0.25) is 4.98 Å². The molecule has 0 amide bonds. The Morgan fingerprint density at radius 1 is 1.06 bits per heavy atom. The number of nitrogens with one attached hydrogen (secondary N) is 2. The quantitative estimate of drug-likeness (QED) is 0.343. The summed E-state index contributed by atoms with van der Waals surface area (Å²) in [6, 6.07) is 2.42. The van der Waals surface area contributed by atoms with Crippen molar-refractivity contribution >= 4 is 44.7 Å². The van der Waals surface area contributed by atoms with Gasteiger partial charge in [-0.25, -0.2) is 15.0 Å². The summed E-state index contributed by atoms with van der Waals surface area (Å²) in [5.41, 5.74) is 2.88. The Morgan fingerprint density at radius 2 is 1.97 bits per heavy atom. The molecular weight excluding hydrogens is 450 g/mol. The van der Waals surface area contributed by atoms with Crippen LogP contribution < -0.4 is 10.6 Å². The van der Waals surface area contributed by atoms with Gasteiger partial charge in [0.25, 0.3) is 0 Å². The van der Waals surface area contributed by atoms with Crippen LogP contribution in [0.25, 0.3) is 20.8 Å². The van der Waals surface area contributed by atoms with Gasteiger partial charge >= 0.3 is 0 Å². The number of fused-ring (bicyclic) bond motifs is 1. The van der Waals surface area contributed by atoms with Crippen LogP contribution in [0.5, 0.6) is 0 Å². The van der Waals surface area contributed by atoms with E-state index < -0.39 is 0 Å². The summed E-state index contributed by atoms with van der Waals surface area (Å²) in [6.07, 6.45) is 12.7. The van der Waals surface area contributed by atoms with Crippen LogP contribution in [0.3, 0.4) is 0 Å². The first-order valence-electron chi connectivity index (χ1n) is 11.7. The van der Waals surface area contributed by atoms with E-state index in [9.17, 15) is 0 Å². The summed E-state index contributed by atoms with van der Waals surface area (Å²) < 4.78 is 1.13. The van der Waals surface area contributed by atoms with E-state index in [1.54, 1.807) is 22.7 Å². The zero-order chi connectivity index (χ0) is 22.2. The molecule has 2 aliphatic rings. The largest absolute Gasteiger partial charge is 0.367 e. The zero-order valence-electron chi connectivity index (χ0n) is 18.6. The highest BCUT2D eigenvalue weighted by Crippen LogP contribution is 2.38. The van der Waals surface area contributed by atoms with Crippen molar-refractivity contribution in [2.24, 2.45) is 11.8 Å². The molecule has 4 aromatic heterocycles. The van der Waals surface area contributed by atoms with Crippen molar-refractivity contribution in [3.05, 3.63) is 40.7 Å². The first-order chi connectivity index (χ1) is 16.2. The number of aromatic nitrogens is 5. The molecule has 0 spiro atoms. The SMILES string of the molecule is Cc1nc(NCC2CC2)nc(N[C@H]2CC[C@@H](Cc3nccs3)C2)c1-c1nc2cnccc2s1. The Bertz CT molecular complexity index is 1220. The average Bonchev–Trinajstić information content (AvgIpc) is 3.15. The van der Waals surface area contributed by atoms with Gasteiger partial charge in [0.15, 0.2) is 0 Å². The lowest BCUT2D eigenvalue weighted by Gasteiger charge is -2.18. The summed E-state index contributed by atoms with van der Waals surface area (Å²) >= 11 is 3.44. The molecule has 0 radical (unpaired) electrons. The van der Waals surface area contributed by atoms with E-state index in [4.69, 9.17) is 15.0 Å². The molecule has 7 nitrogen and oxygen atoms in total. The normalized spacial score (nSPS) is 20.4. The van der Waals surface area contributed by atoms with Crippen LogP contribution in [-0.4, -0.2) is 37.5 Å². The first-order valence-corrected chi connectivity index (χ1v) is 13.4. The lowest BCUT2D eigenvalue weighted by atomic mass is 10.0. The van der Waals surface area contributed by atoms with Crippen molar-refractivity contribution in [1.82, 2.24) is 24.9 Å². The molecule has 0 unspecified atom stereocenters. The number of rotatable bonds is 8. The highest BCUT2D eigenvalue weighted by Gasteiger charge is 2.28. The highest BCUT2D eigenvalue weighted by molar-refractivity contribution is 7.21. The second-order valence-electron chi connectivity index (χ2n) is 9.19. The molecule has 0 saturated heterocycles. The van der Waals surface area contributed by atoms with Gasteiger partial charge in [0, 0.05) is 36.8 Å². The van der Waals surface area contributed by atoms with Gasteiger partial charge in [0.2, 0.25) is 5.95 Å². The number of anilines is 2. The smallest absolute Gasteiger partial charge is 0.224 e. The molecule has 2 saturated carbocycles. The van der Waals surface area contributed by atoms with Gasteiger partial charge in [0.1, 0.15) is 16.3 Å². The van der Waals surface area contributed by atoms with Crippen LogP contribution in [0.1, 0.15) is 42.8 Å². The summed E-state index contributed by atoms with van der Waals surface area (Å²) in [5, 5.41) is 11.5. The van der Waals surface area contributed by atoms with E-state index in [0.29, 0.717) is 17.9 Å². The van der Waals surface area contributed by atoms with Gasteiger partial charge in [-0.15, -0.1) is 22.7 Å². The van der Waals surface area contributed by atoms with Crippen molar-refractivity contribution in [1.29, 1.82) is 0 Å². The van der Waals surface area contributed by atoms with E-state index in [0.717, 1.165) is 64.0 Å². The monoisotopic (exact) mass is 477 g/mol. The molecule has 2 N–H and O–H groups in total. The minimum atomic E-state index is 0.398. The minimum Gasteiger partial charge on any atom is -0.367 e. The molecule has 170 valence electrons. The number of thiazole rings is 2. The number of hydrogen-bond donors (Lipinski definition) is 2. The van der Waals surface area contributed by atoms with Gasteiger partial charge < -0.3 is 10.6 Å². The maximum atomic E-state index is 4.95. The van der Waals surface area contributed by atoms with Crippen LogP contribution in [0.4, 0.5) is 11.8 Å². The predicted molar refractivity (Wildman–Crippen MR) is 135 cm³/mol. The molecule has 0 bridgehead atoms. The fourth-order valence-electron chi connectivity index (χ4n) is 4.64. The van der Waals surface area contributed by atoms with Crippen molar-refractivity contribution in [2.75, 3.05) is 17.2 Å². The third-order valence-electron chi connectivity index (χ3n) is 6.57. The Morgan fingerprint density at radius 3 is 2.79 bits per heavy atom. The fraction of sp³-hybridized carbons (Fsp3) is 0.458. The molecule has 2 aliphatic carbocycles. The topological polar surface area (TPSA) is 88.5 Å². The van der Waals surface area contributed by atoms with E-state index in [-0.39, 0.29) is 0 Å². The number of aryl methyl sites for hydroxylation is 1. The van der Waals surface area contributed by atoms with E-state index >= 15 is 0 Å². The molecule has 33 heavy (non-hydrogen) atoms. The molecular formula is C24H27N7S2. The van der Waals surface area contributed by atoms with E-state index in [1.807, 2.05) is 24.7 Å². The molecule has 2 fully saturated rings. The van der Waals surface area contributed by atoms with Crippen LogP contribution in [0.15, 0.2) is 30.0 Å². The lowest BCUT2D eigenvalue weighted by molar-refractivity contribution is 0.538. The predicted octanol–water partition coefficient (Wildman–Crippen LogP) is 5.56. The zero-order valence-corrected chi connectivity index (χ0v) is 20.3. The van der Waals surface area contributed by atoms with Gasteiger partial charge in [0.05, 0.1) is 27.2 Å². The van der Waals surface area contributed by atoms with Crippen LogP contribution in [0, 0.1) is 18.8 Å². The lowest BCUT2D eigenvalue weighted by Crippen LogP contribution is -2.19. The molecule has 2 atom stereocenters. The maximum Gasteiger partial charge on any atom is 0.224 e.